The second kappa shape index (κ2) is 6.40. The quantitative estimate of drug-likeness (QED) is 0.759. The van der Waals surface area contributed by atoms with E-state index in [-0.39, 0.29) is 23.9 Å². The van der Waals surface area contributed by atoms with E-state index in [1.54, 1.807) is 0 Å². The molecule has 138 valence electrons. The third-order valence-electron chi connectivity index (χ3n) is 6.35. The number of rotatable bonds is 2. The Kier molecular flexibility index (Phi) is 4.85. The lowest BCUT2D eigenvalue weighted by Crippen LogP contribution is -2.45. The first-order chi connectivity index (χ1) is 11.5. The van der Waals surface area contributed by atoms with E-state index in [2.05, 4.69) is 77.6 Å². The van der Waals surface area contributed by atoms with Crippen LogP contribution in [0.3, 0.4) is 0 Å². The molecule has 3 rings (SSSR count). The Morgan fingerprint density at radius 3 is 2.08 bits per heavy atom. The van der Waals surface area contributed by atoms with Gasteiger partial charge in [0.2, 0.25) is 0 Å². The van der Waals surface area contributed by atoms with Gasteiger partial charge in [0.05, 0.1) is 11.2 Å². The summed E-state index contributed by atoms with van der Waals surface area (Å²) < 4.78 is 12.4. The highest BCUT2D eigenvalue weighted by Gasteiger charge is 2.51. The zero-order valence-electron chi connectivity index (χ0n) is 17.1. The maximum atomic E-state index is 6.22. The summed E-state index contributed by atoms with van der Waals surface area (Å²) in [5, 5.41) is 0. The molecular weight excluding hydrogens is 309 g/mol. The van der Waals surface area contributed by atoms with Crippen LogP contribution < -0.4 is 5.46 Å². The molecule has 2 heterocycles. The fraction of sp³-hybridized carbons (Fsp3) is 0.714. The van der Waals surface area contributed by atoms with Gasteiger partial charge in [-0.25, -0.2) is 0 Å². The van der Waals surface area contributed by atoms with E-state index < -0.39 is 0 Å². The minimum absolute atomic E-state index is 0.264. The van der Waals surface area contributed by atoms with Crippen molar-refractivity contribution in [1.82, 2.24) is 4.90 Å². The number of benzene rings is 1. The molecule has 0 amide bonds. The van der Waals surface area contributed by atoms with Crippen molar-refractivity contribution in [3.63, 3.8) is 0 Å². The van der Waals surface area contributed by atoms with Crippen LogP contribution in [0, 0.1) is 0 Å². The molecule has 4 heteroatoms. The maximum absolute atomic E-state index is 6.22. The lowest BCUT2D eigenvalue weighted by atomic mass is 9.76. The van der Waals surface area contributed by atoms with Crippen molar-refractivity contribution >= 4 is 12.6 Å². The zero-order chi connectivity index (χ0) is 18.5. The standard InChI is InChI=1S/C21H34BNO2/c1-19(2,3)23-13-11-16(12-14-23)17-9-8-10-18(15-17)22-24-20(4,5)21(6,7)25-22/h8-10,15-16H,11-14H2,1-7H3. The lowest BCUT2D eigenvalue weighted by Gasteiger charge is -2.41. The van der Waals surface area contributed by atoms with Crippen LogP contribution in [-0.4, -0.2) is 41.8 Å². The Morgan fingerprint density at radius 2 is 1.56 bits per heavy atom. The molecule has 1 aromatic carbocycles. The van der Waals surface area contributed by atoms with Gasteiger partial charge in [-0.05, 0) is 91.3 Å². The predicted molar refractivity (Wildman–Crippen MR) is 105 cm³/mol. The first kappa shape index (κ1) is 18.9. The van der Waals surface area contributed by atoms with Gasteiger partial charge in [0.15, 0.2) is 0 Å². The van der Waals surface area contributed by atoms with Crippen LogP contribution in [0.4, 0.5) is 0 Å². The summed E-state index contributed by atoms with van der Waals surface area (Å²) in [7, 11) is -0.264. The average Bonchev–Trinajstić information content (AvgIpc) is 2.75. The maximum Gasteiger partial charge on any atom is 0.494 e. The van der Waals surface area contributed by atoms with E-state index in [1.165, 1.54) is 31.5 Å². The molecule has 0 atom stereocenters. The smallest absolute Gasteiger partial charge is 0.399 e. The number of likely N-dealkylation sites (tertiary alicyclic amines) is 1. The number of piperidine rings is 1. The van der Waals surface area contributed by atoms with Gasteiger partial charge < -0.3 is 9.31 Å². The fourth-order valence-corrected chi connectivity index (χ4v) is 3.82. The van der Waals surface area contributed by atoms with Gasteiger partial charge in [-0.1, -0.05) is 24.3 Å². The Bertz CT molecular complexity index is 597. The van der Waals surface area contributed by atoms with E-state index >= 15 is 0 Å². The van der Waals surface area contributed by atoms with Crippen molar-refractivity contribution < 1.29 is 9.31 Å². The van der Waals surface area contributed by atoms with Crippen molar-refractivity contribution in [2.24, 2.45) is 0 Å². The summed E-state index contributed by atoms with van der Waals surface area (Å²) in [6.45, 7) is 17.7. The van der Waals surface area contributed by atoms with E-state index in [1.807, 2.05) is 0 Å². The van der Waals surface area contributed by atoms with Crippen LogP contribution in [0.25, 0.3) is 0 Å². The normalized spacial score (nSPS) is 24.7. The minimum Gasteiger partial charge on any atom is -0.399 e. The molecule has 2 aliphatic rings. The molecule has 3 nitrogen and oxygen atoms in total. The molecule has 2 saturated heterocycles. The van der Waals surface area contributed by atoms with Gasteiger partial charge in [0, 0.05) is 5.54 Å². The van der Waals surface area contributed by atoms with Gasteiger partial charge in [0.25, 0.3) is 0 Å². The average molecular weight is 343 g/mol. The summed E-state index contributed by atoms with van der Waals surface area (Å²) in [5.41, 5.74) is 2.28. The van der Waals surface area contributed by atoms with Crippen LogP contribution in [0.5, 0.6) is 0 Å². The van der Waals surface area contributed by atoms with Gasteiger partial charge in [-0.2, -0.15) is 0 Å². The number of nitrogens with zero attached hydrogens (tertiary/aromatic N) is 1. The van der Waals surface area contributed by atoms with Crippen LogP contribution in [0.2, 0.25) is 0 Å². The van der Waals surface area contributed by atoms with Gasteiger partial charge in [-0.15, -0.1) is 0 Å². The summed E-state index contributed by atoms with van der Waals surface area (Å²) in [5.74, 6) is 0.640. The third kappa shape index (κ3) is 3.81. The van der Waals surface area contributed by atoms with Crippen LogP contribution in [0.15, 0.2) is 24.3 Å². The topological polar surface area (TPSA) is 21.7 Å². The van der Waals surface area contributed by atoms with E-state index in [4.69, 9.17) is 9.31 Å². The monoisotopic (exact) mass is 343 g/mol. The minimum atomic E-state index is -0.286. The lowest BCUT2D eigenvalue weighted by molar-refractivity contribution is 0.00578. The molecule has 2 fully saturated rings. The van der Waals surface area contributed by atoms with Gasteiger partial charge in [0.1, 0.15) is 0 Å². The van der Waals surface area contributed by atoms with Crippen molar-refractivity contribution in [3.05, 3.63) is 29.8 Å². The highest BCUT2D eigenvalue weighted by molar-refractivity contribution is 6.62. The largest absolute Gasteiger partial charge is 0.494 e. The Balaban J connectivity index is 1.71. The Morgan fingerprint density at radius 1 is 1.00 bits per heavy atom. The first-order valence-corrected chi connectivity index (χ1v) is 9.70. The molecule has 0 saturated carbocycles. The molecule has 0 N–H and O–H groups in total. The second-order valence-electron chi connectivity index (χ2n) is 9.69. The molecule has 0 radical (unpaired) electrons. The van der Waals surface area contributed by atoms with Crippen LogP contribution >= 0.6 is 0 Å². The first-order valence-electron chi connectivity index (χ1n) is 9.70. The van der Waals surface area contributed by atoms with Crippen molar-refractivity contribution in [2.75, 3.05) is 13.1 Å². The van der Waals surface area contributed by atoms with Gasteiger partial charge >= 0.3 is 7.12 Å². The summed E-state index contributed by atoms with van der Waals surface area (Å²) in [6, 6.07) is 8.87. The zero-order valence-corrected chi connectivity index (χ0v) is 17.1. The molecule has 0 aliphatic carbocycles. The van der Waals surface area contributed by atoms with E-state index in [0.717, 1.165) is 5.46 Å². The van der Waals surface area contributed by atoms with Crippen molar-refractivity contribution in [2.45, 2.75) is 84.0 Å². The molecule has 25 heavy (non-hydrogen) atoms. The summed E-state index contributed by atoms with van der Waals surface area (Å²) in [4.78, 5) is 2.60. The number of hydrogen-bond acceptors (Lipinski definition) is 3. The van der Waals surface area contributed by atoms with Crippen molar-refractivity contribution in [3.8, 4) is 0 Å². The molecule has 0 aromatic heterocycles. The third-order valence-corrected chi connectivity index (χ3v) is 6.35. The molecule has 1 aromatic rings. The fourth-order valence-electron chi connectivity index (χ4n) is 3.82. The highest BCUT2D eigenvalue weighted by atomic mass is 16.7. The SMILES string of the molecule is CC(C)(C)N1CCC(c2cccc(B3OC(C)(C)C(C)(C)O3)c2)CC1. The van der Waals surface area contributed by atoms with E-state index in [0.29, 0.717) is 5.92 Å². The van der Waals surface area contributed by atoms with Crippen LogP contribution in [-0.2, 0) is 9.31 Å². The predicted octanol–water partition coefficient (Wildman–Crippen LogP) is 3.96. The van der Waals surface area contributed by atoms with Crippen molar-refractivity contribution in [1.29, 1.82) is 0 Å². The molecule has 2 aliphatic heterocycles. The van der Waals surface area contributed by atoms with Crippen LogP contribution in [0.1, 0.15) is 72.8 Å². The number of hydrogen-bond donors (Lipinski definition) is 0. The highest BCUT2D eigenvalue weighted by Crippen LogP contribution is 2.37. The summed E-state index contributed by atoms with van der Waals surface area (Å²) in [6.07, 6.45) is 2.45. The van der Waals surface area contributed by atoms with E-state index in [9.17, 15) is 0 Å². The molecule has 0 spiro atoms. The molecular formula is C21H34BNO2. The Hall–Kier alpha value is -0.835. The molecule has 0 unspecified atom stereocenters. The Labute approximate surface area is 154 Å². The second-order valence-corrected chi connectivity index (χ2v) is 9.69. The summed E-state index contributed by atoms with van der Waals surface area (Å²) >= 11 is 0. The molecule has 0 bridgehead atoms. The van der Waals surface area contributed by atoms with Gasteiger partial charge in [-0.3, -0.25) is 4.90 Å².